The van der Waals surface area contributed by atoms with Gasteiger partial charge in [-0.15, -0.1) is 0 Å². The van der Waals surface area contributed by atoms with Crippen LogP contribution < -0.4 is 11.1 Å². The number of anilines is 2. The second-order valence-electron chi connectivity index (χ2n) is 5.44. The van der Waals surface area contributed by atoms with Crippen molar-refractivity contribution in [2.24, 2.45) is 11.3 Å². The van der Waals surface area contributed by atoms with Gasteiger partial charge >= 0.3 is 0 Å². The third kappa shape index (κ3) is 3.88. The van der Waals surface area contributed by atoms with Crippen LogP contribution in [-0.4, -0.2) is 16.5 Å². The molecule has 3 N–H and O–H groups in total. The van der Waals surface area contributed by atoms with E-state index in [0.29, 0.717) is 11.7 Å². The lowest BCUT2D eigenvalue weighted by Crippen LogP contribution is -2.28. The first-order valence-electron chi connectivity index (χ1n) is 6.22. The summed E-state index contributed by atoms with van der Waals surface area (Å²) in [5.41, 5.74) is 5.97. The van der Waals surface area contributed by atoms with E-state index in [4.69, 9.17) is 5.73 Å². The molecule has 4 heteroatoms. The van der Waals surface area contributed by atoms with Gasteiger partial charge in [-0.25, -0.2) is 9.97 Å². The van der Waals surface area contributed by atoms with Gasteiger partial charge in [0, 0.05) is 19.0 Å². The Morgan fingerprint density at radius 3 is 2.53 bits per heavy atom. The predicted octanol–water partition coefficient (Wildman–Crippen LogP) is 2.72. The molecule has 0 aromatic carbocycles. The lowest BCUT2D eigenvalue weighted by atomic mass is 9.81. The molecule has 0 aliphatic rings. The first-order valence-corrected chi connectivity index (χ1v) is 6.22. The number of rotatable bonds is 5. The number of nitrogens with zero attached hydrogens (tertiary/aromatic N) is 2. The van der Waals surface area contributed by atoms with Crippen molar-refractivity contribution in [2.45, 2.75) is 41.0 Å². The molecule has 0 saturated heterocycles. The highest BCUT2D eigenvalue weighted by Crippen LogP contribution is 2.26. The van der Waals surface area contributed by atoms with Crippen LogP contribution in [0.25, 0.3) is 0 Å². The molecular weight excluding hydrogens is 212 g/mol. The Morgan fingerprint density at radius 1 is 1.35 bits per heavy atom. The molecule has 0 saturated carbocycles. The molecule has 4 nitrogen and oxygen atoms in total. The van der Waals surface area contributed by atoms with Gasteiger partial charge in [0.15, 0.2) is 0 Å². The SMILES string of the molecule is CCc1nc(N)cc(NCC(C)(C)C(C)C)n1. The zero-order chi connectivity index (χ0) is 13.1. The van der Waals surface area contributed by atoms with E-state index >= 15 is 0 Å². The summed E-state index contributed by atoms with van der Waals surface area (Å²) < 4.78 is 0. The number of nitrogens with two attached hydrogens (primary N) is 1. The molecule has 0 aliphatic carbocycles. The maximum atomic E-state index is 5.74. The summed E-state index contributed by atoms with van der Waals surface area (Å²) in [4.78, 5) is 8.57. The Bertz CT molecular complexity index is 372. The fraction of sp³-hybridized carbons (Fsp3) is 0.692. The van der Waals surface area contributed by atoms with E-state index in [9.17, 15) is 0 Å². The van der Waals surface area contributed by atoms with Crippen molar-refractivity contribution in [3.8, 4) is 0 Å². The Hall–Kier alpha value is -1.32. The van der Waals surface area contributed by atoms with Crippen LogP contribution in [-0.2, 0) is 6.42 Å². The average Bonchev–Trinajstić information content (AvgIpc) is 2.25. The Morgan fingerprint density at radius 2 is 2.00 bits per heavy atom. The van der Waals surface area contributed by atoms with Crippen molar-refractivity contribution in [1.82, 2.24) is 9.97 Å². The molecule has 0 spiro atoms. The average molecular weight is 236 g/mol. The van der Waals surface area contributed by atoms with Crippen LogP contribution in [0.1, 0.15) is 40.4 Å². The fourth-order valence-electron chi connectivity index (χ4n) is 1.29. The topological polar surface area (TPSA) is 63.8 Å². The molecule has 0 bridgehead atoms. The van der Waals surface area contributed by atoms with Gasteiger partial charge in [0.1, 0.15) is 17.5 Å². The lowest BCUT2D eigenvalue weighted by molar-refractivity contribution is 0.269. The van der Waals surface area contributed by atoms with Gasteiger partial charge < -0.3 is 11.1 Å². The number of nitrogen functional groups attached to an aromatic ring is 1. The highest BCUT2D eigenvalue weighted by Gasteiger charge is 2.22. The minimum atomic E-state index is 0.228. The highest BCUT2D eigenvalue weighted by atomic mass is 15.0. The molecule has 1 heterocycles. The van der Waals surface area contributed by atoms with E-state index in [1.54, 1.807) is 6.07 Å². The van der Waals surface area contributed by atoms with E-state index in [0.717, 1.165) is 24.6 Å². The summed E-state index contributed by atoms with van der Waals surface area (Å²) in [5, 5.41) is 3.35. The van der Waals surface area contributed by atoms with Crippen molar-refractivity contribution in [1.29, 1.82) is 0 Å². The second-order valence-corrected chi connectivity index (χ2v) is 5.44. The maximum Gasteiger partial charge on any atom is 0.132 e. The summed E-state index contributed by atoms with van der Waals surface area (Å²) in [6, 6.07) is 1.79. The predicted molar refractivity (Wildman–Crippen MR) is 72.9 cm³/mol. The van der Waals surface area contributed by atoms with Gasteiger partial charge in [-0.3, -0.25) is 0 Å². The van der Waals surface area contributed by atoms with E-state index in [1.165, 1.54) is 0 Å². The first kappa shape index (κ1) is 13.7. The molecule has 0 atom stereocenters. The molecule has 1 rings (SSSR count). The van der Waals surface area contributed by atoms with Crippen LogP contribution in [0.4, 0.5) is 11.6 Å². The van der Waals surface area contributed by atoms with Crippen LogP contribution in [0.3, 0.4) is 0 Å². The van der Waals surface area contributed by atoms with E-state index in [2.05, 4.69) is 43.0 Å². The number of hydrogen-bond acceptors (Lipinski definition) is 4. The standard InChI is InChI=1S/C13H24N4/c1-6-11-16-10(14)7-12(17-11)15-8-13(4,5)9(2)3/h7,9H,6,8H2,1-5H3,(H3,14,15,16,17). The number of hydrogen-bond donors (Lipinski definition) is 2. The van der Waals surface area contributed by atoms with Crippen molar-refractivity contribution in [2.75, 3.05) is 17.6 Å². The minimum absolute atomic E-state index is 0.228. The number of nitrogens with one attached hydrogen (secondary N) is 1. The zero-order valence-corrected chi connectivity index (χ0v) is 11.5. The fourth-order valence-corrected chi connectivity index (χ4v) is 1.29. The van der Waals surface area contributed by atoms with E-state index in [1.807, 2.05) is 6.92 Å². The Kier molecular flexibility index (Phi) is 4.32. The molecule has 96 valence electrons. The first-order chi connectivity index (χ1) is 7.85. The van der Waals surface area contributed by atoms with E-state index < -0.39 is 0 Å². The van der Waals surface area contributed by atoms with Crippen LogP contribution in [0.5, 0.6) is 0 Å². The van der Waals surface area contributed by atoms with Crippen molar-refractivity contribution in [3.63, 3.8) is 0 Å². The summed E-state index contributed by atoms with van der Waals surface area (Å²) in [5.74, 6) is 2.75. The van der Waals surface area contributed by atoms with Crippen molar-refractivity contribution in [3.05, 3.63) is 11.9 Å². The molecule has 1 aromatic heterocycles. The van der Waals surface area contributed by atoms with Crippen LogP contribution in [0.2, 0.25) is 0 Å². The number of aryl methyl sites for hydroxylation is 1. The minimum Gasteiger partial charge on any atom is -0.384 e. The Balaban J connectivity index is 2.72. The summed E-state index contributed by atoms with van der Waals surface area (Å²) in [6.45, 7) is 11.9. The van der Waals surface area contributed by atoms with Gasteiger partial charge in [-0.05, 0) is 11.3 Å². The molecule has 1 aromatic rings. The van der Waals surface area contributed by atoms with Gasteiger partial charge in [0.2, 0.25) is 0 Å². The molecular formula is C13H24N4. The van der Waals surface area contributed by atoms with Crippen LogP contribution in [0, 0.1) is 11.3 Å². The summed E-state index contributed by atoms with van der Waals surface area (Å²) in [7, 11) is 0. The summed E-state index contributed by atoms with van der Waals surface area (Å²) in [6.07, 6.45) is 0.799. The normalized spacial score (nSPS) is 11.9. The molecule has 0 aliphatic heterocycles. The van der Waals surface area contributed by atoms with Gasteiger partial charge in [-0.1, -0.05) is 34.6 Å². The second kappa shape index (κ2) is 5.34. The third-order valence-electron chi connectivity index (χ3n) is 3.40. The third-order valence-corrected chi connectivity index (χ3v) is 3.40. The van der Waals surface area contributed by atoms with E-state index in [-0.39, 0.29) is 5.41 Å². The monoisotopic (exact) mass is 236 g/mol. The van der Waals surface area contributed by atoms with Gasteiger partial charge in [0.05, 0.1) is 0 Å². The molecule has 0 radical (unpaired) electrons. The van der Waals surface area contributed by atoms with Crippen molar-refractivity contribution >= 4 is 11.6 Å². The quantitative estimate of drug-likeness (QED) is 0.825. The smallest absolute Gasteiger partial charge is 0.132 e. The van der Waals surface area contributed by atoms with Crippen LogP contribution >= 0.6 is 0 Å². The highest BCUT2D eigenvalue weighted by molar-refractivity contribution is 5.44. The van der Waals surface area contributed by atoms with Gasteiger partial charge in [-0.2, -0.15) is 0 Å². The summed E-state index contributed by atoms with van der Waals surface area (Å²) >= 11 is 0. The molecule has 0 unspecified atom stereocenters. The number of aromatic nitrogens is 2. The van der Waals surface area contributed by atoms with Crippen LogP contribution in [0.15, 0.2) is 6.07 Å². The Labute approximate surface area is 104 Å². The van der Waals surface area contributed by atoms with Crippen molar-refractivity contribution < 1.29 is 0 Å². The molecule has 17 heavy (non-hydrogen) atoms. The molecule has 0 fully saturated rings. The maximum absolute atomic E-state index is 5.74. The largest absolute Gasteiger partial charge is 0.384 e. The molecule has 0 amide bonds. The van der Waals surface area contributed by atoms with Gasteiger partial charge in [0.25, 0.3) is 0 Å². The lowest BCUT2D eigenvalue weighted by Gasteiger charge is -2.29. The zero-order valence-electron chi connectivity index (χ0n) is 11.5.